The Labute approximate surface area is 99.1 Å². The molecule has 0 spiro atoms. The van der Waals surface area contributed by atoms with Crippen LogP contribution in [0, 0.1) is 5.92 Å². The molecule has 0 atom stereocenters. The second-order valence-electron chi connectivity index (χ2n) is 4.29. The summed E-state index contributed by atoms with van der Waals surface area (Å²) in [6.45, 7) is 0. The molecular weight excluding hydrogens is 214 g/mol. The minimum atomic E-state index is 0.0893. The predicted molar refractivity (Wildman–Crippen MR) is 65.4 cm³/mol. The first-order valence-electron chi connectivity index (χ1n) is 5.74. The number of carbonyl (C=O) groups is 1. The lowest BCUT2D eigenvalue weighted by Gasteiger charge is -2.04. The van der Waals surface area contributed by atoms with Gasteiger partial charge >= 0.3 is 0 Å². The molecule has 0 bridgehead atoms. The number of nitrogens with one attached hydrogen (secondary N) is 2. The molecule has 2 aromatic rings. The zero-order valence-corrected chi connectivity index (χ0v) is 9.31. The lowest BCUT2D eigenvalue weighted by Crippen LogP contribution is -2.14. The molecule has 3 rings (SSSR count). The molecule has 4 nitrogen and oxygen atoms in total. The highest BCUT2D eigenvalue weighted by atomic mass is 16.2. The van der Waals surface area contributed by atoms with E-state index in [-0.39, 0.29) is 11.8 Å². The van der Waals surface area contributed by atoms with Crippen molar-refractivity contribution in [2.45, 2.75) is 12.8 Å². The molecule has 0 aliphatic heterocycles. The Bertz CT molecular complexity index is 529. The number of aromatic nitrogens is 2. The predicted octanol–water partition coefficient (Wildman–Crippen LogP) is 2.43. The Morgan fingerprint density at radius 2 is 2.06 bits per heavy atom. The van der Waals surface area contributed by atoms with Crippen LogP contribution in [-0.2, 0) is 4.79 Å². The van der Waals surface area contributed by atoms with Gasteiger partial charge < -0.3 is 5.32 Å². The van der Waals surface area contributed by atoms with Gasteiger partial charge in [-0.15, -0.1) is 0 Å². The summed E-state index contributed by atoms with van der Waals surface area (Å²) in [5, 5.41) is 9.72. The maximum absolute atomic E-state index is 11.7. The van der Waals surface area contributed by atoms with E-state index < -0.39 is 0 Å². The van der Waals surface area contributed by atoms with E-state index in [0.29, 0.717) is 5.82 Å². The Balaban J connectivity index is 1.86. The fourth-order valence-electron chi connectivity index (χ4n) is 1.79. The number of rotatable bonds is 3. The van der Waals surface area contributed by atoms with Crippen LogP contribution in [0.2, 0.25) is 0 Å². The zero-order valence-electron chi connectivity index (χ0n) is 9.31. The van der Waals surface area contributed by atoms with Crippen molar-refractivity contribution in [1.29, 1.82) is 0 Å². The number of amides is 1. The largest absolute Gasteiger partial charge is 0.310 e. The molecule has 17 heavy (non-hydrogen) atoms. The summed E-state index contributed by atoms with van der Waals surface area (Å²) in [4.78, 5) is 11.7. The van der Waals surface area contributed by atoms with Crippen LogP contribution in [0.3, 0.4) is 0 Å². The highest BCUT2D eigenvalue weighted by Gasteiger charge is 2.30. The molecular formula is C13H13N3O. The number of hydrogen-bond acceptors (Lipinski definition) is 2. The number of nitrogens with zero attached hydrogens (tertiary/aromatic N) is 1. The van der Waals surface area contributed by atoms with E-state index >= 15 is 0 Å². The van der Waals surface area contributed by atoms with Gasteiger partial charge in [0.2, 0.25) is 5.91 Å². The quantitative estimate of drug-likeness (QED) is 0.846. The molecule has 1 aromatic heterocycles. The summed E-state index contributed by atoms with van der Waals surface area (Å²) in [6, 6.07) is 9.89. The summed E-state index contributed by atoms with van der Waals surface area (Å²) >= 11 is 0. The normalized spacial score (nSPS) is 14.6. The number of anilines is 1. The van der Waals surface area contributed by atoms with Gasteiger partial charge in [-0.05, 0) is 18.4 Å². The van der Waals surface area contributed by atoms with Gasteiger partial charge in [0.25, 0.3) is 0 Å². The van der Waals surface area contributed by atoms with E-state index in [1.54, 1.807) is 6.20 Å². The SMILES string of the molecule is O=C(Nc1[nH]ncc1-c1ccccc1)C1CC1. The van der Waals surface area contributed by atoms with Gasteiger partial charge in [-0.1, -0.05) is 30.3 Å². The number of hydrogen-bond donors (Lipinski definition) is 2. The second kappa shape index (κ2) is 4.05. The fourth-order valence-corrected chi connectivity index (χ4v) is 1.79. The van der Waals surface area contributed by atoms with Crippen LogP contribution < -0.4 is 5.32 Å². The van der Waals surface area contributed by atoms with Crippen LogP contribution in [0.5, 0.6) is 0 Å². The van der Waals surface area contributed by atoms with Crippen molar-refractivity contribution in [3.8, 4) is 11.1 Å². The minimum absolute atomic E-state index is 0.0893. The van der Waals surface area contributed by atoms with E-state index in [1.807, 2.05) is 30.3 Å². The molecule has 1 amide bonds. The highest BCUT2D eigenvalue weighted by Crippen LogP contribution is 2.32. The number of aromatic amines is 1. The molecule has 1 aliphatic carbocycles. The Morgan fingerprint density at radius 1 is 1.29 bits per heavy atom. The Hall–Kier alpha value is -2.10. The van der Waals surface area contributed by atoms with E-state index in [0.717, 1.165) is 24.0 Å². The van der Waals surface area contributed by atoms with Crippen molar-refractivity contribution in [3.63, 3.8) is 0 Å². The van der Waals surface area contributed by atoms with Crippen LogP contribution in [0.4, 0.5) is 5.82 Å². The fraction of sp³-hybridized carbons (Fsp3) is 0.231. The maximum Gasteiger partial charge on any atom is 0.228 e. The molecule has 0 radical (unpaired) electrons. The Morgan fingerprint density at radius 3 is 2.76 bits per heavy atom. The highest BCUT2D eigenvalue weighted by molar-refractivity contribution is 5.96. The van der Waals surface area contributed by atoms with Gasteiger partial charge in [0.15, 0.2) is 0 Å². The van der Waals surface area contributed by atoms with Crippen molar-refractivity contribution < 1.29 is 4.79 Å². The monoisotopic (exact) mass is 227 g/mol. The maximum atomic E-state index is 11.7. The molecule has 1 aromatic carbocycles. The standard InChI is InChI=1S/C13H13N3O/c17-13(10-6-7-10)15-12-11(8-14-16-12)9-4-2-1-3-5-9/h1-5,8,10H,6-7H2,(H2,14,15,16,17). The van der Waals surface area contributed by atoms with Gasteiger partial charge in [-0.2, -0.15) is 5.10 Å². The third kappa shape index (κ3) is 2.06. The lowest BCUT2D eigenvalue weighted by atomic mass is 10.1. The average molecular weight is 227 g/mol. The Kier molecular flexibility index (Phi) is 2.40. The van der Waals surface area contributed by atoms with Crippen molar-refractivity contribution in [1.82, 2.24) is 10.2 Å². The summed E-state index contributed by atoms with van der Waals surface area (Å²) in [5.41, 5.74) is 1.98. The van der Waals surface area contributed by atoms with Gasteiger partial charge in [-0.3, -0.25) is 9.89 Å². The van der Waals surface area contributed by atoms with Crippen LogP contribution >= 0.6 is 0 Å². The lowest BCUT2D eigenvalue weighted by molar-refractivity contribution is -0.117. The second-order valence-corrected chi connectivity index (χ2v) is 4.29. The third-order valence-electron chi connectivity index (χ3n) is 2.92. The third-order valence-corrected chi connectivity index (χ3v) is 2.92. The van der Waals surface area contributed by atoms with Gasteiger partial charge in [-0.25, -0.2) is 0 Å². The number of carbonyl (C=O) groups excluding carboxylic acids is 1. The first-order valence-corrected chi connectivity index (χ1v) is 5.74. The molecule has 1 saturated carbocycles. The van der Waals surface area contributed by atoms with Crippen molar-refractivity contribution in [3.05, 3.63) is 36.5 Å². The molecule has 1 heterocycles. The zero-order chi connectivity index (χ0) is 11.7. The molecule has 86 valence electrons. The van der Waals surface area contributed by atoms with Gasteiger partial charge in [0, 0.05) is 11.5 Å². The van der Waals surface area contributed by atoms with Crippen LogP contribution in [0.1, 0.15) is 12.8 Å². The molecule has 4 heteroatoms. The molecule has 1 aliphatic rings. The van der Waals surface area contributed by atoms with E-state index in [4.69, 9.17) is 0 Å². The van der Waals surface area contributed by atoms with Crippen molar-refractivity contribution in [2.24, 2.45) is 5.92 Å². The minimum Gasteiger partial charge on any atom is -0.310 e. The van der Waals surface area contributed by atoms with Crippen LogP contribution in [-0.4, -0.2) is 16.1 Å². The summed E-state index contributed by atoms with van der Waals surface area (Å²) < 4.78 is 0. The molecule has 0 saturated heterocycles. The summed E-state index contributed by atoms with van der Waals surface area (Å²) in [5.74, 6) is 0.974. The summed E-state index contributed by atoms with van der Waals surface area (Å²) in [7, 11) is 0. The van der Waals surface area contributed by atoms with E-state index in [9.17, 15) is 4.79 Å². The van der Waals surface area contributed by atoms with Crippen molar-refractivity contribution in [2.75, 3.05) is 5.32 Å². The smallest absolute Gasteiger partial charge is 0.228 e. The van der Waals surface area contributed by atoms with E-state index in [1.165, 1.54) is 0 Å². The molecule has 0 unspecified atom stereocenters. The van der Waals surface area contributed by atoms with Gasteiger partial charge in [0.1, 0.15) is 5.82 Å². The van der Waals surface area contributed by atoms with Crippen LogP contribution in [0.15, 0.2) is 36.5 Å². The first-order chi connectivity index (χ1) is 8.34. The van der Waals surface area contributed by atoms with Crippen molar-refractivity contribution >= 4 is 11.7 Å². The average Bonchev–Trinajstić information content (AvgIpc) is 3.12. The van der Waals surface area contributed by atoms with Crippen LogP contribution in [0.25, 0.3) is 11.1 Å². The first kappa shape index (κ1) is 10.1. The summed E-state index contributed by atoms with van der Waals surface area (Å²) in [6.07, 6.45) is 3.74. The topological polar surface area (TPSA) is 57.8 Å². The van der Waals surface area contributed by atoms with E-state index in [2.05, 4.69) is 15.5 Å². The number of benzene rings is 1. The molecule has 2 N–H and O–H groups in total. The molecule has 1 fully saturated rings. The number of H-pyrrole nitrogens is 1. The van der Waals surface area contributed by atoms with Gasteiger partial charge in [0.05, 0.1) is 6.20 Å².